The number of aromatic nitrogens is 1. The highest BCUT2D eigenvalue weighted by molar-refractivity contribution is 6.35. The smallest absolute Gasteiger partial charge is 0.255 e. The van der Waals surface area contributed by atoms with Crippen molar-refractivity contribution < 1.29 is 14.0 Å². The van der Waals surface area contributed by atoms with Crippen LogP contribution in [0.15, 0.2) is 35.3 Å². The molecule has 2 aromatic carbocycles. The maximum atomic E-state index is 14.8. The third-order valence-corrected chi connectivity index (χ3v) is 6.53. The average molecular weight is 516 g/mol. The highest BCUT2D eigenvalue weighted by Crippen LogP contribution is 2.37. The number of anilines is 1. The Morgan fingerprint density at radius 2 is 2.03 bits per heavy atom. The first-order valence-electron chi connectivity index (χ1n) is 10.7. The van der Waals surface area contributed by atoms with Crippen LogP contribution in [0.25, 0.3) is 10.8 Å². The van der Waals surface area contributed by atoms with Gasteiger partial charge >= 0.3 is 0 Å². The summed E-state index contributed by atoms with van der Waals surface area (Å²) in [6.45, 7) is 1.87. The molecule has 0 fully saturated rings. The molecule has 180 valence electrons. The number of hydrogen-bond acceptors (Lipinski definition) is 5. The van der Waals surface area contributed by atoms with Crippen molar-refractivity contribution in [3.63, 3.8) is 0 Å². The second-order valence-electron chi connectivity index (χ2n) is 8.08. The summed E-state index contributed by atoms with van der Waals surface area (Å²) in [6.07, 6.45) is 1.78. The van der Waals surface area contributed by atoms with Gasteiger partial charge in [-0.2, -0.15) is 5.26 Å². The van der Waals surface area contributed by atoms with E-state index in [9.17, 15) is 18.8 Å². The fraction of sp³-hybridized carbons (Fsp3) is 0.250. The Hall–Kier alpha value is -3.61. The molecule has 0 saturated carbocycles. The second kappa shape index (κ2) is 9.94. The number of nitriles is 1. The van der Waals surface area contributed by atoms with Crippen molar-refractivity contribution in [2.45, 2.75) is 19.4 Å². The van der Waals surface area contributed by atoms with E-state index in [4.69, 9.17) is 28.5 Å². The molecule has 1 aromatic heterocycles. The van der Waals surface area contributed by atoms with Gasteiger partial charge in [0, 0.05) is 28.2 Å². The Labute approximate surface area is 209 Å². The van der Waals surface area contributed by atoms with Crippen LogP contribution in [-0.4, -0.2) is 41.3 Å². The number of amides is 2. The molecule has 0 spiro atoms. The molecular weight excluding hydrogens is 496 g/mol. The van der Waals surface area contributed by atoms with Crippen molar-refractivity contribution in [2.24, 2.45) is 0 Å². The largest absolute Gasteiger partial charge is 0.374 e. The molecule has 8 nitrogen and oxygen atoms in total. The summed E-state index contributed by atoms with van der Waals surface area (Å²) in [5, 5.41) is 15.0. The number of rotatable bonds is 5. The van der Waals surface area contributed by atoms with Gasteiger partial charge in [-0.05, 0) is 48.7 Å². The standard InChI is InChI=1S/C24H20Cl2FN5O3/c1-12-22-13(6-14(25)7-18(22)26)2-5-32(12)21(33)11-30-20-9-15-16(8-19(20)27)23(34)31-10-17(15)24(35)29-4-3-28/h6-10,12,30H,2,4-5,11H2,1H3,(H,29,35)(H,31,34). The topological polar surface area (TPSA) is 118 Å². The first kappa shape index (κ1) is 24.5. The normalized spacial score (nSPS) is 14.8. The Morgan fingerprint density at radius 1 is 1.26 bits per heavy atom. The Kier molecular flexibility index (Phi) is 6.96. The van der Waals surface area contributed by atoms with Crippen molar-refractivity contribution in [1.29, 1.82) is 5.26 Å². The van der Waals surface area contributed by atoms with Gasteiger partial charge in [0.15, 0.2) is 0 Å². The number of H-pyrrole nitrogens is 1. The second-order valence-corrected chi connectivity index (χ2v) is 8.92. The number of nitrogens with one attached hydrogen (secondary N) is 3. The van der Waals surface area contributed by atoms with E-state index in [1.807, 2.05) is 13.0 Å². The van der Waals surface area contributed by atoms with E-state index in [0.29, 0.717) is 23.0 Å². The van der Waals surface area contributed by atoms with E-state index in [0.717, 1.165) is 17.2 Å². The third-order valence-electron chi connectivity index (χ3n) is 6.00. The molecule has 4 rings (SSSR count). The van der Waals surface area contributed by atoms with Gasteiger partial charge in [-0.25, -0.2) is 4.39 Å². The maximum Gasteiger partial charge on any atom is 0.255 e. The van der Waals surface area contributed by atoms with E-state index >= 15 is 0 Å². The van der Waals surface area contributed by atoms with Crippen molar-refractivity contribution in [1.82, 2.24) is 15.2 Å². The molecule has 0 saturated heterocycles. The Morgan fingerprint density at radius 3 is 2.77 bits per heavy atom. The SMILES string of the molecule is CC1c2c(Cl)cc(Cl)cc2CCN1C(=O)CNc1cc2c(C(=O)NCC#N)c[nH]c(=O)c2cc1F. The molecule has 11 heteroatoms. The molecular formula is C24H20Cl2FN5O3. The van der Waals surface area contributed by atoms with Crippen LogP contribution in [0.1, 0.15) is 34.5 Å². The molecule has 2 amide bonds. The molecule has 0 aliphatic carbocycles. The predicted octanol–water partition coefficient (Wildman–Crippen LogP) is 3.79. The summed E-state index contributed by atoms with van der Waals surface area (Å²) in [5.41, 5.74) is 1.27. The van der Waals surface area contributed by atoms with Crippen LogP contribution in [0, 0.1) is 17.1 Å². The maximum absolute atomic E-state index is 14.8. The van der Waals surface area contributed by atoms with Gasteiger partial charge in [0.2, 0.25) is 5.91 Å². The van der Waals surface area contributed by atoms with E-state index in [2.05, 4.69) is 15.6 Å². The number of benzene rings is 2. The van der Waals surface area contributed by atoms with Crippen molar-refractivity contribution in [2.75, 3.05) is 25.0 Å². The van der Waals surface area contributed by atoms with Gasteiger partial charge in [0.05, 0.1) is 35.3 Å². The summed E-state index contributed by atoms with van der Waals surface area (Å²) in [7, 11) is 0. The number of halogens is 3. The van der Waals surface area contributed by atoms with E-state index < -0.39 is 17.3 Å². The number of aromatic amines is 1. The van der Waals surface area contributed by atoms with Gasteiger partial charge in [-0.1, -0.05) is 23.2 Å². The zero-order valence-electron chi connectivity index (χ0n) is 18.5. The highest BCUT2D eigenvalue weighted by atomic mass is 35.5. The number of carbonyl (C=O) groups excluding carboxylic acids is 2. The van der Waals surface area contributed by atoms with Crippen molar-refractivity contribution in [3.8, 4) is 6.07 Å². The fourth-order valence-electron chi connectivity index (χ4n) is 4.33. The van der Waals surface area contributed by atoms with Crippen LogP contribution < -0.4 is 16.2 Å². The number of hydrogen-bond donors (Lipinski definition) is 3. The number of pyridine rings is 1. The summed E-state index contributed by atoms with van der Waals surface area (Å²) in [6, 6.07) is 7.29. The lowest BCUT2D eigenvalue weighted by Gasteiger charge is -2.36. The molecule has 1 aliphatic heterocycles. The molecule has 2 heterocycles. The predicted molar refractivity (Wildman–Crippen MR) is 131 cm³/mol. The Balaban J connectivity index is 1.57. The van der Waals surface area contributed by atoms with Gasteiger partial charge in [0.25, 0.3) is 11.5 Å². The lowest BCUT2D eigenvalue weighted by atomic mass is 9.93. The monoisotopic (exact) mass is 515 g/mol. The van der Waals surface area contributed by atoms with Crippen LogP contribution in [-0.2, 0) is 11.2 Å². The lowest BCUT2D eigenvalue weighted by molar-refractivity contribution is -0.131. The molecule has 0 bridgehead atoms. The number of nitrogens with zero attached hydrogens (tertiary/aromatic N) is 2. The molecule has 35 heavy (non-hydrogen) atoms. The van der Waals surface area contributed by atoms with E-state index in [1.54, 1.807) is 17.0 Å². The summed E-state index contributed by atoms with van der Waals surface area (Å²) >= 11 is 12.5. The minimum atomic E-state index is -0.750. The minimum Gasteiger partial charge on any atom is -0.374 e. The molecule has 3 N–H and O–H groups in total. The van der Waals surface area contributed by atoms with Crippen molar-refractivity contribution >= 4 is 51.5 Å². The molecule has 0 radical (unpaired) electrons. The van der Waals surface area contributed by atoms with Gasteiger partial charge in [-0.3, -0.25) is 14.4 Å². The first-order chi connectivity index (χ1) is 16.7. The van der Waals surface area contributed by atoms with Gasteiger partial charge < -0.3 is 20.5 Å². The van der Waals surface area contributed by atoms with Crippen LogP contribution >= 0.6 is 23.2 Å². The number of carbonyl (C=O) groups is 2. The van der Waals surface area contributed by atoms with E-state index in [-0.39, 0.29) is 47.1 Å². The van der Waals surface area contributed by atoms with E-state index in [1.165, 1.54) is 12.3 Å². The summed E-state index contributed by atoms with van der Waals surface area (Å²) in [4.78, 5) is 41.6. The first-order valence-corrected chi connectivity index (χ1v) is 11.5. The lowest BCUT2D eigenvalue weighted by Crippen LogP contribution is -2.42. The van der Waals surface area contributed by atoms with Crippen LogP contribution in [0.5, 0.6) is 0 Å². The summed E-state index contributed by atoms with van der Waals surface area (Å²) in [5.74, 6) is -1.62. The van der Waals surface area contributed by atoms with Crippen LogP contribution in [0.4, 0.5) is 10.1 Å². The van der Waals surface area contributed by atoms with Gasteiger partial charge in [-0.15, -0.1) is 0 Å². The minimum absolute atomic E-state index is 0.0291. The van der Waals surface area contributed by atoms with Gasteiger partial charge in [0.1, 0.15) is 12.4 Å². The quantitative estimate of drug-likeness (QED) is 0.446. The molecule has 1 atom stereocenters. The molecule has 3 aromatic rings. The third kappa shape index (κ3) is 4.81. The number of fused-ring (bicyclic) bond motifs is 2. The summed E-state index contributed by atoms with van der Waals surface area (Å²) < 4.78 is 14.8. The Bertz CT molecular complexity index is 1450. The molecule has 1 unspecified atom stereocenters. The zero-order chi connectivity index (χ0) is 25.3. The average Bonchev–Trinajstić information content (AvgIpc) is 2.81. The van der Waals surface area contributed by atoms with Crippen molar-refractivity contribution in [3.05, 3.63) is 73.4 Å². The van der Waals surface area contributed by atoms with Crippen LogP contribution in [0.3, 0.4) is 0 Å². The highest BCUT2D eigenvalue weighted by Gasteiger charge is 2.29. The zero-order valence-corrected chi connectivity index (χ0v) is 20.1. The fourth-order valence-corrected chi connectivity index (χ4v) is 5.03. The van der Waals surface area contributed by atoms with Crippen LogP contribution in [0.2, 0.25) is 10.0 Å². The molecule has 1 aliphatic rings.